The topological polar surface area (TPSA) is 71.5 Å². The summed E-state index contributed by atoms with van der Waals surface area (Å²) in [5, 5.41) is 3.51. The van der Waals surface area contributed by atoms with Gasteiger partial charge in [0.15, 0.2) is 0 Å². The molecular weight excluding hydrogens is 350 g/mol. The van der Waals surface area contributed by atoms with E-state index >= 15 is 0 Å². The minimum atomic E-state index is -0.0718. The number of hydrogen-bond acceptors (Lipinski definition) is 5. The number of carbonyl (C=O) groups excluding carboxylic acids is 2. The second kappa shape index (κ2) is 7.23. The van der Waals surface area contributed by atoms with Gasteiger partial charge in [0, 0.05) is 38.9 Å². The zero-order chi connectivity index (χ0) is 18.1. The van der Waals surface area contributed by atoms with Gasteiger partial charge < -0.3 is 15.0 Å². The summed E-state index contributed by atoms with van der Waals surface area (Å²) in [4.78, 5) is 30.4. The minimum Gasteiger partial charge on any atom is -0.467 e. The molecule has 1 atom stereocenters. The first-order chi connectivity index (χ1) is 12.6. The molecular formula is C19H23N3O3S. The molecule has 3 heterocycles. The standard InChI is InChI=1S/C19H23N3O3S/c1-12-3-2-4-15-17(12)21-19(26-15)25-14-7-9-22(10-8-14)18(24)13-5-6-16(23)20-11-13/h2-4,13-14H,5-11H2,1H3,(H,20,23). The van der Waals surface area contributed by atoms with Crippen LogP contribution in [0, 0.1) is 12.8 Å². The number of hydrogen-bond donors (Lipinski definition) is 1. The molecule has 138 valence electrons. The molecule has 1 unspecified atom stereocenters. The van der Waals surface area contributed by atoms with Crippen LogP contribution >= 0.6 is 11.3 Å². The number of amides is 2. The zero-order valence-electron chi connectivity index (χ0n) is 14.9. The number of likely N-dealkylation sites (tertiary alicyclic amines) is 1. The molecule has 2 aromatic rings. The number of thiazole rings is 1. The third-order valence-corrected chi connectivity index (χ3v) is 6.15. The molecule has 6 nitrogen and oxygen atoms in total. The van der Waals surface area contributed by atoms with Crippen molar-refractivity contribution in [1.82, 2.24) is 15.2 Å². The second-order valence-electron chi connectivity index (χ2n) is 7.08. The Kier molecular flexibility index (Phi) is 4.80. The van der Waals surface area contributed by atoms with Crippen LogP contribution in [0.4, 0.5) is 0 Å². The smallest absolute Gasteiger partial charge is 0.274 e. The number of piperidine rings is 2. The van der Waals surface area contributed by atoms with E-state index in [1.54, 1.807) is 11.3 Å². The van der Waals surface area contributed by atoms with E-state index in [2.05, 4.69) is 29.4 Å². The van der Waals surface area contributed by atoms with Crippen molar-refractivity contribution in [3.05, 3.63) is 23.8 Å². The average molecular weight is 373 g/mol. The number of fused-ring (bicyclic) bond motifs is 1. The summed E-state index contributed by atoms with van der Waals surface area (Å²) >= 11 is 1.58. The first-order valence-electron chi connectivity index (χ1n) is 9.18. The molecule has 26 heavy (non-hydrogen) atoms. The van der Waals surface area contributed by atoms with Crippen molar-refractivity contribution in [3.8, 4) is 5.19 Å². The van der Waals surface area contributed by atoms with E-state index in [9.17, 15) is 9.59 Å². The normalized spacial score (nSPS) is 21.7. The van der Waals surface area contributed by atoms with Gasteiger partial charge in [-0.1, -0.05) is 23.5 Å². The molecule has 0 radical (unpaired) electrons. The molecule has 0 spiro atoms. The Hall–Kier alpha value is -2.15. The van der Waals surface area contributed by atoms with Gasteiger partial charge in [-0.25, -0.2) is 4.98 Å². The van der Waals surface area contributed by atoms with Crippen molar-refractivity contribution < 1.29 is 14.3 Å². The van der Waals surface area contributed by atoms with Crippen LogP contribution in [-0.4, -0.2) is 47.4 Å². The highest BCUT2D eigenvalue weighted by Crippen LogP contribution is 2.31. The Balaban J connectivity index is 1.32. The van der Waals surface area contributed by atoms with Crippen LogP contribution in [0.15, 0.2) is 18.2 Å². The number of aryl methyl sites for hydroxylation is 1. The highest BCUT2D eigenvalue weighted by atomic mass is 32.1. The summed E-state index contributed by atoms with van der Waals surface area (Å²) in [6.45, 7) is 3.94. The lowest BCUT2D eigenvalue weighted by atomic mass is 9.96. The van der Waals surface area contributed by atoms with E-state index in [-0.39, 0.29) is 23.8 Å². The van der Waals surface area contributed by atoms with E-state index in [0.717, 1.165) is 28.6 Å². The predicted octanol–water partition coefficient (Wildman–Crippen LogP) is 2.50. The molecule has 1 N–H and O–H groups in total. The number of ether oxygens (including phenoxy) is 1. The fourth-order valence-electron chi connectivity index (χ4n) is 3.65. The molecule has 0 bridgehead atoms. The van der Waals surface area contributed by atoms with Crippen molar-refractivity contribution in [3.63, 3.8) is 0 Å². The summed E-state index contributed by atoms with van der Waals surface area (Å²) in [6, 6.07) is 6.16. The third kappa shape index (κ3) is 3.53. The Morgan fingerprint density at radius 3 is 2.81 bits per heavy atom. The monoisotopic (exact) mass is 373 g/mol. The average Bonchev–Trinajstić information content (AvgIpc) is 3.06. The van der Waals surface area contributed by atoms with E-state index in [1.807, 2.05) is 11.0 Å². The molecule has 2 aliphatic heterocycles. The van der Waals surface area contributed by atoms with Crippen molar-refractivity contribution in [2.45, 2.75) is 38.7 Å². The van der Waals surface area contributed by atoms with Gasteiger partial charge in [-0.05, 0) is 25.0 Å². The van der Waals surface area contributed by atoms with Crippen molar-refractivity contribution in [2.24, 2.45) is 5.92 Å². The lowest BCUT2D eigenvalue weighted by Gasteiger charge is -2.34. The number of aromatic nitrogens is 1. The lowest BCUT2D eigenvalue weighted by Crippen LogP contribution is -2.48. The van der Waals surface area contributed by atoms with Gasteiger partial charge in [-0.2, -0.15) is 0 Å². The van der Waals surface area contributed by atoms with Crippen LogP contribution in [0.5, 0.6) is 5.19 Å². The maximum Gasteiger partial charge on any atom is 0.274 e. The summed E-state index contributed by atoms with van der Waals surface area (Å²) in [5.41, 5.74) is 2.17. The van der Waals surface area contributed by atoms with Crippen LogP contribution < -0.4 is 10.1 Å². The first-order valence-corrected chi connectivity index (χ1v) is 10.00. The van der Waals surface area contributed by atoms with Gasteiger partial charge in [0.05, 0.1) is 16.1 Å². The van der Waals surface area contributed by atoms with Crippen LogP contribution in [0.25, 0.3) is 10.2 Å². The van der Waals surface area contributed by atoms with Crippen molar-refractivity contribution in [2.75, 3.05) is 19.6 Å². The van der Waals surface area contributed by atoms with Gasteiger partial charge in [0.1, 0.15) is 6.10 Å². The molecule has 1 aromatic heterocycles. The number of nitrogens with one attached hydrogen (secondary N) is 1. The van der Waals surface area contributed by atoms with Gasteiger partial charge in [0.2, 0.25) is 11.8 Å². The number of benzene rings is 1. The number of rotatable bonds is 3. The Morgan fingerprint density at radius 2 is 2.12 bits per heavy atom. The van der Waals surface area contributed by atoms with Gasteiger partial charge in [0.25, 0.3) is 5.19 Å². The van der Waals surface area contributed by atoms with Crippen LogP contribution in [0.3, 0.4) is 0 Å². The van der Waals surface area contributed by atoms with Crippen molar-refractivity contribution >= 4 is 33.4 Å². The molecule has 2 aliphatic rings. The highest BCUT2D eigenvalue weighted by molar-refractivity contribution is 7.20. The second-order valence-corrected chi connectivity index (χ2v) is 8.08. The molecule has 7 heteroatoms. The summed E-state index contributed by atoms with van der Waals surface area (Å²) in [7, 11) is 0. The van der Waals surface area contributed by atoms with Gasteiger partial charge >= 0.3 is 0 Å². The van der Waals surface area contributed by atoms with E-state index < -0.39 is 0 Å². The molecule has 1 aromatic carbocycles. The summed E-state index contributed by atoms with van der Waals surface area (Å²) in [6.07, 6.45) is 2.85. The van der Waals surface area contributed by atoms with Crippen LogP contribution in [0.1, 0.15) is 31.2 Å². The number of para-hydroxylation sites is 1. The minimum absolute atomic E-state index is 0.0484. The maximum atomic E-state index is 12.6. The third-order valence-electron chi connectivity index (χ3n) is 5.24. The van der Waals surface area contributed by atoms with Crippen LogP contribution in [-0.2, 0) is 9.59 Å². The summed E-state index contributed by atoms with van der Waals surface area (Å²) in [5.74, 6) is 0.142. The highest BCUT2D eigenvalue weighted by Gasteiger charge is 2.31. The van der Waals surface area contributed by atoms with E-state index in [1.165, 1.54) is 0 Å². The zero-order valence-corrected chi connectivity index (χ0v) is 15.7. The maximum absolute atomic E-state index is 12.6. The van der Waals surface area contributed by atoms with E-state index in [0.29, 0.717) is 37.7 Å². The van der Waals surface area contributed by atoms with Gasteiger partial charge in [-0.15, -0.1) is 0 Å². The summed E-state index contributed by atoms with van der Waals surface area (Å²) < 4.78 is 7.24. The Bertz CT molecular complexity index is 817. The molecule has 0 saturated carbocycles. The molecule has 2 fully saturated rings. The fourth-order valence-corrected chi connectivity index (χ4v) is 4.61. The van der Waals surface area contributed by atoms with E-state index in [4.69, 9.17) is 4.74 Å². The SMILES string of the molecule is Cc1cccc2sc(OC3CCN(C(=O)C4CCC(=O)NC4)CC3)nc12. The molecule has 0 aliphatic carbocycles. The molecule has 4 rings (SSSR count). The molecule has 2 amide bonds. The number of nitrogens with zero attached hydrogens (tertiary/aromatic N) is 2. The predicted molar refractivity (Wildman–Crippen MR) is 100 cm³/mol. The largest absolute Gasteiger partial charge is 0.467 e. The van der Waals surface area contributed by atoms with Crippen molar-refractivity contribution in [1.29, 1.82) is 0 Å². The Morgan fingerprint density at radius 1 is 1.31 bits per heavy atom. The first kappa shape index (κ1) is 17.3. The van der Waals surface area contributed by atoms with Crippen LogP contribution in [0.2, 0.25) is 0 Å². The lowest BCUT2D eigenvalue weighted by molar-refractivity contribution is -0.139. The Labute approximate surface area is 156 Å². The number of carbonyl (C=O) groups is 2. The molecule has 2 saturated heterocycles. The quantitative estimate of drug-likeness (QED) is 0.897. The van der Waals surface area contributed by atoms with Gasteiger partial charge in [-0.3, -0.25) is 9.59 Å². The fraction of sp³-hybridized carbons (Fsp3) is 0.526.